The van der Waals surface area contributed by atoms with Crippen LogP contribution in [0.5, 0.6) is 0 Å². The lowest BCUT2D eigenvalue weighted by Crippen LogP contribution is -2.12. The highest BCUT2D eigenvalue weighted by Gasteiger charge is 2.20. The van der Waals surface area contributed by atoms with Crippen LogP contribution in [0, 0.1) is 34.1 Å². The van der Waals surface area contributed by atoms with E-state index in [1.54, 1.807) is 24.3 Å². The summed E-state index contributed by atoms with van der Waals surface area (Å²) in [7, 11) is 0. The molecule has 0 unspecified atom stereocenters. The summed E-state index contributed by atoms with van der Waals surface area (Å²) in [5.74, 6) is -0.353. The number of carbonyl (C=O) groups excluding carboxylic acids is 1. The van der Waals surface area contributed by atoms with Gasteiger partial charge in [-0.2, -0.15) is 0 Å². The summed E-state index contributed by atoms with van der Waals surface area (Å²) in [6.45, 7) is 3.90. The van der Waals surface area contributed by atoms with Crippen molar-refractivity contribution in [2.45, 2.75) is 13.8 Å². The van der Waals surface area contributed by atoms with Crippen molar-refractivity contribution in [2.24, 2.45) is 0 Å². The van der Waals surface area contributed by atoms with Gasteiger partial charge in [0.1, 0.15) is 5.52 Å². The Hall–Kier alpha value is -4.60. The normalized spacial score (nSPS) is 10.8. The maximum atomic E-state index is 12.6. The Labute approximate surface area is 180 Å². The van der Waals surface area contributed by atoms with Crippen molar-refractivity contribution in [3.8, 4) is 11.5 Å². The first-order chi connectivity index (χ1) is 15.2. The lowest BCUT2D eigenvalue weighted by atomic mass is 10.1. The number of nitrogens with one attached hydrogen (secondary N) is 1. The van der Waals surface area contributed by atoms with Crippen LogP contribution in [0.15, 0.2) is 59.0 Å². The molecule has 0 saturated heterocycles. The molecule has 0 radical (unpaired) electrons. The average Bonchev–Trinajstić information content (AvgIpc) is 3.18. The van der Waals surface area contributed by atoms with E-state index in [0.29, 0.717) is 22.7 Å². The topological polar surface area (TPSA) is 141 Å². The van der Waals surface area contributed by atoms with Crippen molar-refractivity contribution < 1.29 is 19.1 Å². The van der Waals surface area contributed by atoms with Gasteiger partial charge in [-0.15, -0.1) is 0 Å². The molecular weight excluding hydrogens is 416 g/mol. The SMILES string of the molecule is Cc1cc(C)c2oc(-c3cccc(NC(=O)c4cc([N+](=O)[O-])cc([N+](=O)[O-])c4)c3)nc2c1. The Balaban J connectivity index is 1.65. The first-order valence-electron chi connectivity index (χ1n) is 9.45. The number of aromatic nitrogens is 1. The number of aryl methyl sites for hydroxylation is 2. The molecule has 4 rings (SSSR count). The Bertz CT molecular complexity index is 1380. The zero-order valence-corrected chi connectivity index (χ0v) is 17.0. The van der Waals surface area contributed by atoms with E-state index in [1.165, 1.54) is 0 Å². The number of hydrogen-bond donors (Lipinski definition) is 1. The van der Waals surface area contributed by atoms with Gasteiger partial charge in [0.05, 0.1) is 21.5 Å². The quantitative estimate of drug-likeness (QED) is 0.338. The van der Waals surface area contributed by atoms with Crippen molar-refractivity contribution >= 4 is 34.1 Å². The predicted octanol–water partition coefficient (Wildman–Crippen LogP) is 5.18. The summed E-state index contributed by atoms with van der Waals surface area (Å²) in [5, 5.41) is 24.7. The third-order valence-electron chi connectivity index (χ3n) is 4.77. The lowest BCUT2D eigenvalue weighted by molar-refractivity contribution is -0.394. The summed E-state index contributed by atoms with van der Waals surface area (Å²) in [4.78, 5) is 37.7. The van der Waals surface area contributed by atoms with Gasteiger partial charge in [-0.1, -0.05) is 12.1 Å². The number of anilines is 1. The van der Waals surface area contributed by atoms with Gasteiger partial charge in [-0.3, -0.25) is 25.0 Å². The number of nitro groups is 2. The molecule has 0 atom stereocenters. The smallest absolute Gasteiger partial charge is 0.277 e. The zero-order valence-electron chi connectivity index (χ0n) is 17.0. The molecule has 0 spiro atoms. The van der Waals surface area contributed by atoms with Gasteiger partial charge in [0.25, 0.3) is 17.3 Å². The van der Waals surface area contributed by atoms with E-state index < -0.39 is 27.1 Å². The molecule has 1 amide bonds. The molecule has 0 bridgehead atoms. The number of oxazole rings is 1. The highest BCUT2D eigenvalue weighted by Crippen LogP contribution is 2.29. The van der Waals surface area contributed by atoms with Gasteiger partial charge < -0.3 is 9.73 Å². The van der Waals surface area contributed by atoms with Crippen LogP contribution in [0.25, 0.3) is 22.6 Å². The number of nitro benzene ring substituents is 2. The molecular formula is C22H16N4O6. The van der Waals surface area contributed by atoms with Gasteiger partial charge in [0.2, 0.25) is 5.89 Å². The first kappa shape index (κ1) is 20.7. The molecule has 4 aromatic rings. The van der Waals surface area contributed by atoms with Crippen LogP contribution in [0.3, 0.4) is 0 Å². The Kier molecular flexibility index (Phi) is 5.11. The molecule has 160 valence electrons. The maximum Gasteiger partial charge on any atom is 0.277 e. The fraction of sp³-hybridized carbons (Fsp3) is 0.0909. The van der Waals surface area contributed by atoms with Crippen molar-refractivity contribution in [1.29, 1.82) is 0 Å². The van der Waals surface area contributed by atoms with Crippen LogP contribution in [-0.2, 0) is 0 Å². The minimum atomic E-state index is -0.790. The minimum Gasteiger partial charge on any atom is -0.436 e. The van der Waals surface area contributed by atoms with E-state index in [0.717, 1.165) is 34.8 Å². The number of non-ortho nitro benzene ring substituents is 2. The highest BCUT2D eigenvalue weighted by atomic mass is 16.6. The van der Waals surface area contributed by atoms with Crippen LogP contribution < -0.4 is 5.32 Å². The summed E-state index contributed by atoms with van der Waals surface area (Å²) in [5.41, 5.74) is 3.09. The van der Waals surface area contributed by atoms with Gasteiger partial charge in [0.15, 0.2) is 5.58 Å². The molecule has 0 saturated carbocycles. The van der Waals surface area contributed by atoms with Crippen molar-refractivity contribution in [2.75, 3.05) is 5.32 Å². The number of carbonyl (C=O) groups is 1. The molecule has 10 nitrogen and oxygen atoms in total. The van der Waals surface area contributed by atoms with E-state index in [2.05, 4.69) is 10.3 Å². The third kappa shape index (κ3) is 4.01. The lowest BCUT2D eigenvalue weighted by Gasteiger charge is -2.06. The van der Waals surface area contributed by atoms with Crippen LogP contribution >= 0.6 is 0 Å². The number of nitrogens with zero attached hydrogens (tertiary/aromatic N) is 3. The summed E-state index contributed by atoms with van der Waals surface area (Å²) in [6, 6.07) is 13.4. The van der Waals surface area contributed by atoms with Crippen LogP contribution in [-0.4, -0.2) is 20.7 Å². The molecule has 32 heavy (non-hydrogen) atoms. The van der Waals surface area contributed by atoms with Gasteiger partial charge in [0, 0.05) is 23.4 Å². The molecule has 0 aliphatic heterocycles. The van der Waals surface area contributed by atoms with Crippen molar-refractivity contribution in [1.82, 2.24) is 4.98 Å². The highest BCUT2D eigenvalue weighted by molar-refractivity contribution is 6.05. The monoisotopic (exact) mass is 432 g/mol. The first-order valence-corrected chi connectivity index (χ1v) is 9.45. The van der Waals surface area contributed by atoms with Gasteiger partial charge >= 0.3 is 0 Å². The van der Waals surface area contributed by atoms with Crippen LogP contribution in [0.1, 0.15) is 21.5 Å². The van der Waals surface area contributed by atoms with E-state index in [-0.39, 0.29) is 5.56 Å². The Morgan fingerprint density at radius 1 is 0.969 bits per heavy atom. The molecule has 3 aromatic carbocycles. The molecule has 10 heteroatoms. The van der Waals surface area contributed by atoms with Crippen molar-refractivity contribution in [3.63, 3.8) is 0 Å². The zero-order chi connectivity index (χ0) is 23.0. The van der Waals surface area contributed by atoms with E-state index in [4.69, 9.17) is 4.42 Å². The minimum absolute atomic E-state index is 0.204. The molecule has 0 fully saturated rings. The largest absolute Gasteiger partial charge is 0.436 e. The van der Waals surface area contributed by atoms with E-state index in [1.807, 2.05) is 26.0 Å². The number of rotatable bonds is 5. The van der Waals surface area contributed by atoms with E-state index in [9.17, 15) is 25.0 Å². The predicted molar refractivity (Wildman–Crippen MR) is 117 cm³/mol. The molecule has 1 N–H and O–H groups in total. The molecule has 0 aliphatic rings. The standard InChI is InChI=1S/C22H16N4O6/c1-12-6-13(2)20-19(7-12)24-22(32-20)14-4-3-5-16(8-14)23-21(27)15-9-17(25(28)29)11-18(10-15)26(30)31/h3-11H,1-2H3,(H,23,27). The van der Waals surface area contributed by atoms with E-state index >= 15 is 0 Å². The maximum absolute atomic E-state index is 12.6. The third-order valence-corrected chi connectivity index (χ3v) is 4.77. The summed E-state index contributed by atoms with van der Waals surface area (Å²) in [6.07, 6.45) is 0. The number of hydrogen-bond acceptors (Lipinski definition) is 7. The molecule has 1 aromatic heterocycles. The van der Waals surface area contributed by atoms with Gasteiger partial charge in [-0.25, -0.2) is 4.98 Å². The Morgan fingerprint density at radius 3 is 2.31 bits per heavy atom. The number of fused-ring (bicyclic) bond motifs is 1. The fourth-order valence-electron chi connectivity index (χ4n) is 3.37. The van der Waals surface area contributed by atoms with Crippen LogP contribution in [0.4, 0.5) is 17.1 Å². The second-order valence-corrected chi connectivity index (χ2v) is 7.24. The molecule has 0 aliphatic carbocycles. The van der Waals surface area contributed by atoms with Crippen LogP contribution in [0.2, 0.25) is 0 Å². The Morgan fingerprint density at radius 2 is 1.66 bits per heavy atom. The summed E-state index contributed by atoms with van der Waals surface area (Å²) >= 11 is 0. The second-order valence-electron chi connectivity index (χ2n) is 7.24. The average molecular weight is 432 g/mol. The fourth-order valence-corrected chi connectivity index (χ4v) is 3.37. The molecule has 1 heterocycles. The summed E-state index contributed by atoms with van der Waals surface area (Å²) < 4.78 is 5.89. The number of amides is 1. The van der Waals surface area contributed by atoms with Gasteiger partial charge in [-0.05, 0) is 49.2 Å². The van der Waals surface area contributed by atoms with Crippen molar-refractivity contribution in [3.05, 3.63) is 91.5 Å². The number of benzene rings is 3. The second kappa shape index (κ2) is 7.91.